The molecule has 2 nitrogen and oxygen atoms in total. The zero-order valence-electron chi connectivity index (χ0n) is 8.10. The first-order valence-corrected chi connectivity index (χ1v) is 6.19. The second-order valence-electron chi connectivity index (χ2n) is 3.68. The average Bonchev–Trinajstić information content (AvgIpc) is 2.30. The fraction of sp³-hybridized carbons (Fsp3) is 0.545. The molecule has 1 saturated heterocycles. The van der Waals surface area contributed by atoms with Crippen LogP contribution in [0.15, 0.2) is 24.5 Å². The highest BCUT2D eigenvalue weighted by Gasteiger charge is 2.22. The van der Waals surface area contributed by atoms with Gasteiger partial charge in [0.2, 0.25) is 0 Å². The fourth-order valence-corrected chi connectivity index (χ4v) is 3.00. The van der Waals surface area contributed by atoms with E-state index in [1.54, 1.807) is 12.4 Å². The molecule has 1 N–H and O–H groups in total. The molecule has 76 valence electrons. The molecule has 3 heteroatoms. The van der Waals surface area contributed by atoms with E-state index in [0.717, 1.165) is 18.4 Å². The predicted octanol–water partition coefficient (Wildman–Crippen LogP) is 2.26. The van der Waals surface area contributed by atoms with Gasteiger partial charge in [-0.2, -0.15) is 11.8 Å². The number of aliphatic hydroxyl groups excluding tert-OH is 1. The third-order valence-electron chi connectivity index (χ3n) is 2.74. The van der Waals surface area contributed by atoms with Crippen LogP contribution in [0.1, 0.15) is 24.5 Å². The average molecular weight is 209 g/mol. The Bertz CT molecular complexity index is 272. The highest BCUT2D eigenvalue weighted by molar-refractivity contribution is 7.99. The molecule has 0 saturated carbocycles. The number of hydrogen-bond acceptors (Lipinski definition) is 3. The van der Waals surface area contributed by atoms with Crippen molar-refractivity contribution in [2.24, 2.45) is 5.92 Å². The molecule has 1 aliphatic rings. The minimum atomic E-state index is -0.315. The van der Waals surface area contributed by atoms with E-state index in [1.165, 1.54) is 11.5 Å². The van der Waals surface area contributed by atoms with E-state index >= 15 is 0 Å². The van der Waals surface area contributed by atoms with Crippen LogP contribution in [-0.2, 0) is 0 Å². The minimum Gasteiger partial charge on any atom is -0.388 e. The molecule has 1 atom stereocenters. The van der Waals surface area contributed by atoms with Crippen LogP contribution in [0, 0.1) is 5.92 Å². The minimum absolute atomic E-state index is 0.315. The Hall–Kier alpha value is -0.540. The van der Waals surface area contributed by atoms with Crippen molar-refractivity contribution in [3.05, 3.63) is 30.1 Å². The van der Waals surface area contributed by atoms with Crippen LogP contribution in [0.5, 0.6) is 0 Å². The van der Waals surface area contributed by atoms with Crippen molar-refractivity contribution in [3.63, 3.8) is 0 Å². The summed E-state index contributed by atoms with van der Waals surface area (Å²) in [5.41, 5.74) is 0.962. The molecule has 1 aliphatic heterocycles. The molecular weight excluding hydrogens is 194 g/mol. The fourth-order valence-electron chi connectivity index (χ4n) is 1.85. The lowest BCUT2D eigenvalue weighted by Crippen LogP contribution is -2.18. The van der Waals surface area contributed by atoms with Gasteiger partial charge in [-0.15, -0.1) is 0 Å². The summed E-state index contributed by atoms with van der Waals surface area (Å²) in [5.74, 6) is 2.80. The van der Waals surface area contributed by atoms with Gasteiger partial charge in [0, 0.05) is 12.4 Å². The molecule has 1 fully saturated rings. The van der Waals surface area contributed by atoms with Crippen molar-refractivity contribution in [2.45, 2.75) is 18.9 Å². The van der Waals surface area contributed by atoms with E-state index in [9.17, 15) is 5.11 Å². The summed E-state index contributed by atoms with van der Waals surface area (Å²) in [6.45, 7) is 0. The standard InChI is InChI=1S/C11H15NOS/c13-11(9-3-6-14-7-4-9)10-2-1-5-12-8-10/h1-2,5,8-9,11,13H,3-4,6-7H2. The monoisotopic (exact) mass is 209 g/mol. The first kappa shape index (κ1) is 9.99. The van der Waals surface area contributed by atoms with Gasteiger partial charge in [-0.3, -0.25) is 4.98 Å². The molecule has 0 aromatic carbocycles. The van der Waals surface area contributed by atoms with Gasteiger partial charge in [0.05, 0.1) is 6.10 Å². The largest absolute Gasteiger partial charge is 0.388 e. The van der Waals surface area contributed by atoms with Gasteiger partial charge in [-0.1, -0.05) is 6.07 Å². The van der Waals surface area contributed by atoms with Gasteiger partial charge >= 0.3 is 0 Å². The zero-order chi connectivity index (χ0) is 9.80. The van der Waals surface area contributed by atoms with Crippen molar-refractivity contribution in [1.82, 2.24) is 4.98 Å². The van der Waals surface area contributed by atoms with Gasteiger partial charge in [-0.05, 0) is 41.9 Å². The van der Waals surface area contributed by atoms with Crippen LogP contribution in [0.2, 0.25) is 0 Å². The zero-order valence-corrected chi connectivity index (χ0v) is 8.91. The second-order valence-corrected chi connectivity index (χ2v) is 4.91. The summed E-state index contributed by atoms with van der Waals surface area (Å²) < 4.78 is 0. The van der Waals surface area contributed by atoms with Gasteiger partial charge in [0.25, 0.3) is 0 Å². The lowest BCUT2D eigenvalue weighted by molar-refractivity contribution is 0.103. The Morgan fingerprint density at radius 2 is 2.21 bits per heavy atom. The number of thioether (sulfide) groups is 1. The van der Waals surface area contributed by atoms with E-state index in [4.69, 9.17) is 0 Å². The van der Waals surface area contributed by atoms with Crippen LogP contribution in [0.3, 0.4) is 0 Å². The summed E-state index contributed by atoms with van der Waals surface area (Å²) in [4.78, 5) is 4.04. The van der Waals surface area contributed by atoms with Crippen molar-refractivity contribution >= 4 is 11.8 Å². The van der Waals surface area contributed by atoms with Crippen molar-refractivity contribution in [1.29, 1.82) is 0 Å². The van der Waals surface area contributed by atoms with Crippen molar-refractivity contribution in [3.8, 4) is 0 Å². The number of pyridine rings is 1. The summed E-state index contributed by atoms with van der Waals surface area (Å²) in [6, 6.07) is 3.84. The maximum atomic E-state index is 10.1. The first-order chi connectivity index (χ1) is 6.88. The smallest absolute Gasteiger partial charge is 0.0833 e. The van der Waals surface area contributed by atoms with E-state index in [1.807, 2.05) is 23.9 Å². The van der Waals surface area contributed by atoms with Gasteiger partial charge in [-0.25, -0.2) is 0 Å². The second kappa shape index (κ2) is 4.80. The molecule has 1 aromatic rings. The van der Waals surface area contributed by atoms with E-state index < -0.39 is 0 Å². The first-order valence-electron chi connectivity index (χ1n) is 5.03. The van der Waals surface area contributed by atoms with Crippen molar-refractivity contribution in [2.75, 3.05) is 11.5 Å². The summed E-state index contributed by atoms with van der Waals surface area (Å²) in [6.07, 6.45) is 5.45. The number of aliphatic hydroxyl groups is 1. The van der Waals surface area contributed by atoms with Crippen LogP contribution in [-0.4, -0.2) is 21.6 Å². The molecule has 0 bridgehead atoms. The molecule has 1 unspecified atom stereocenters. The van der Waals surface area contributed by atoms with Crippen LogP contribution in [0.4, 0.5) is 0 Å². The van der Waals surface area contributed by atoms with Gasteiger partial charge < -0.3 is 5.11 Å². The quantitative estimate of drug-likeness (QED) is 0.811. The van der Waals surface area contributed by atoms with E-state index in [2.05, 4.69) is 4.98 Å². The van der Waals surface area contributed by atoms with Crippen LogP contribution >= 0.6 is 11.8 Å². The molecule has 14 heavy (non-hydrogen) atoms. The molecule has 0 radical (unpaired) electrons. The topological polar surface area (TPSA) is 33.1 Å². The Labute approximate surface area is 88.8 Å². The summed E-state index contributed by atoms with van der Waals surface area (Å²) in [7, 11) is 0. The molecular formula is C11H15NOS. The molecule has 1 aromatic heterocycles. The molecule has 0 spiro atoms. The van der Waals surface area contributed by atoms with Gasteiger partial charge in [0.15, 0.2) is 0 Å². The number of nitrogens with zero attached hydrogens (tertiary/aromatic N) is 1. The maximum Gasteiger partial charge on any atom is 0.0833 e. The Morgan fingerprint density at radius 3 is 2.86 bits per heavy atom. The van der Waals surface area contributed by atoms with Crippen molar-refractivity contribution < 1.29 is 5.11 Å². The molecule has 2 heterocycles. The summed E-state index contributed by atoms with van der Waals surface area (Å²) >= 11 is 1.98. The van der Waals surface area contributed by atoms with Crippen LogP contribution in [0.25, 0.3) is 0 Å². The van der Waals surface area contributed by atoms with E-state index in [-0.39, 0.29) is 6.10 Å². The van der Waals surface area contributed by atoms with Crippen LogP contribution < -0.4 is 0 Å². The molecule has 0 amide bonds. The van der Waals surface area contributed by atoms with E-state index in [0.29, 0.717) is 5.92 Å². The number of hydrogen-bond donors (Lipinski definition) is 1. The molecule has 2 rings (SSSR count). The lowest BCUT2D eigenvalue weighted by atomic mass is 9.92. The highest BCUT2D eigenvalue weighted by atomic mass is 32.2. The SMILES string of the molecule is OC(c1cccnc1)C1CCSCC1. The third-order valence-corrected chi connectivity index (χ3v) is 3.79. The summed E-state index contributed by atoms with van der Waals surface area (Å²) in [5, 5.41) is 10.1. The maximum absolute atomic E-state index is 10.1. The predicted molar refractivity (Wildman–Crippen MR) is 59.2 cm³/mol. The Balaban J connectivity index is 2.03. The third kappa shape index (κ3) is 2.28. The highest BCUT2D eigenvalue weighted by Crippen LogP contribution is 2.32. The van der Waals surface area contributed by atoms with Gasteiger partial charge in [0.1, 0.15) is 0 Å². The molecule has 0 aliphatic carbocycles. The normalized spacial score (nSPS) is 20.6. The Morgan fingerprint density at radius 1 is 1.43 bits per heavy atom. The lowest BCUT2D eigenvalue weighted by Gasteiger charge is -2.26. The number of rotatable bonds is 2. The number of aromatic nitrogens is 1. The Kier molecular flexibility index (Phi) is 3.43.